The van der Waals surface area contributed by atoms with Crippen molar-refractivity contribution in [2.45, 2.75) is 64.5 Å². The van der Waals surface area contributed by atoms with Crippen molar-refractivity contribution in [2.75, 3.05) is 13.7 Å². The number of hydrogen-bond donors (Lipinski definition) is 3. The average molecular weight is 530 g/mol. The Labute approximate surface area is 213 Å². The first kappa shape index (κ1) is 30.2. The molecule has 1 aromatic carbocycles. The van der Waals surface area contributed by atoms with Crippen LogP contribution in [0.15, 0.2) is 24.3 Å². The second-order valence-electron chi connectivity index (χ2n) is 9.90. The standard InChI is InChI=1S/C25H34F3N3O6/c1-13(2)18(24(29,36)25(26,27)28)20(32)17-7-6-12-31(17)22(34)19(14(3)4)30-21(33)15-8-10-16(11-9-15)23(35)37-5/h8-11,13-14,17-19,36H,6-7,12,29H2,1-5H3,(H,30,33)/t17-,18?,19-,24?/m0/s1. The Bertz CT molecular complexity index is 1010. The summed E-state index contributed by atoms with van der Waals surface area (Å²) in [5.74, 6) is -6.18. The summed E-state index contributed by atoms with van der Waals surface area (Å²) < 4.78 is 45.1. The molecule has 0 aliphatic carbocycles. The predicted octanol–water partition coefficient (Wildman–Crippen LogP) is 2.27. The number of aliphatic hydroxyl groups is 1. The highest BCUT2D eigenvalue weighted by Gasteiger charge is 2.60. The zero-order chi connectivity index (χ0) is 28.3. The van der Waals surface area contributed by atoms with Crippen molar-refractivity contribution >= 4 is 23.6 Å². The SMILES string of the molecule is COC(=O)c1ccc(C(=O)N[C@H](C(=O)N2CCC[C@H]2C(=O)C(C(C)C)C(N)(O)C(F)(F)F)C(C)C)cc1. The van der Waals surface area contributed by atoms with Crippen molar-refractivity contribution in [3.63, 3.8) is 0 Å². The van der Waals surface area contributed by atoms with Crippen LogP contribution in [0.1, 0.15) is 61.3 Å². The summed E-state index contributed by atoms with van der Waals surface area (Å²) in [6, 6.07) is 3.25. The minimum Gasteiger partial charge on any atom is -0.465 e. The second kappa shape index (κ2) is 11.6. The van der Waals surface area contributed by atoms with Crippen molar-refractivity contribution in [2.24, 2.45) is 23.5 Å². The summed E-state index contributed by atoms with van der Waals surface area (Å²) in [6.07, 6.45) is -4.80. The van der Waals surface area contributed by atoms with Gasteiger partial charge in [0.25, 0.3) is 5.91 Å². The van der Waals surface area contributed by atoms with Crippen molar-refractivity contribution in [3.05, 3.63) is 35.4 Å². The minimum absolute atomic E-state index is 0.0992. The van der Waals surface area contributed by atoms with E-state index in [-0.39, 0.29) is 24.1 Å². The van der Waals surface area contributed by atoms with Gasteiger partial charge < -0.3 is 20.1 Å². The number of carbonyl (C=O) groups is 4. The van der Waals surface area contributed by atoms with E-state index < -0.39 is 65.3 Å². The number of ether oxygens (including phenoxy) is 1. The number of methoxy groups -OCH3 is 1. The van der Waals surface area contributed by atoms with Gasteiger partial charge in [-0.1, -0.05) is 27.7 Å². The number of amides is 2. The highest BCUT2D eigenvalue weighted by Crippen LogP contribution is 2.38. The van der Waals surface area contributed by atoms with Gasteiger partial charge in [0, 0.05) is 12.1 Å². The van der Waals surface area contributed by atoms with Crippen molar-refractivity contribution in [1.29, 1.82) is 0 Å². The maximum Gasteiger partial charge on any atom is 0.431 e. The number of likely N-dealkylation sites (tertiary alicyclic amines) is 1. The molecular weight excluding hydrogens is 495 g/mol. The Hall–Kier alpha value is -2.99. The number of carbonyl (C=O) groups excluding carboxylic acids is 4. The Morgan fingerprint density at radius 2 is 1.59 bits per heavy atom. The Kier molecular flexibility index (Phi) is 9.48. The highest BCUT2D eigenvalue weighted by molar-refractivity contribution is 6.00. The topological polar surface area (TPSA) is 139 Å². The van der Waals surface area contributed by atoms with E-state index in [2.05, 4.69) is 10.1 Å². The molecule has 0 spiro atoms. The fourth-order valence-electron chi connectivity index (χ4n) is 4.56. The summed E-state index contributed by atoms with van der Waals surface area (Å²) >= 11 is 0. The molecule has 0 saturated carbocycles. The van der Waals surface area contributed by atoms with E-state index in [1.54, 1.807) is 13.8 Å². The van der Waals surface area contributed by atoms with Crippen LogP contribution in [-0.2, 0) is 14.3 Å². The van der Waals surface area contributed by atoms with Gasteiger partial charge in [-0.15, -0.1) is 0 Å². The molecule has 4 N–H and O–H groups in total. The van der Waals surface area contributed by atoms with Gasteiger partial charge >= 0.3 is 12.1 Å². The molecule has 0 radical (unpaired) electrons. The van der Waals surface area contributed by atoms with E-state index in [1.807, 2.05) is 0 Å². The maximum absolute atomic E-state index is 13.5. The first-order valence-electron chi connectivity index (χ1n) is 12.0. The van der Waals surface area contributed by atoms with Crippen LogP contribution in [0, 0.1) is 17.8 Å². The van der Waals surface area contributed by atoms with Crippen LogP contribution in [0.4, 0.5) is 13.2 Å². The van der Waals surface area contributed by atoms with E-state index in [9.17, 15) is 37.5 Å². The Balaban J connectivity index is 2.28. The minimum atomic E-state index is -5.26. The van der Waals surface area contributed by atoms with Crippen molar-refractivity contribution in [1.82, 2.24) is 10.2 Å². The van der Waals surface area contributed by atoms with Crippen LogP contribution < -0.4 is 11.1 Å². The molecule has 37 heavy (non-hydrogen) atoms. The molecule has 2 amide bonds. The Morgan fingerprint density at radius 3 is 2.05 bits per heavy atom. The van der Waals surface area contributed by atoms with Gasteiger partial charge in [-0.05, 0) is 48.9 Å². The molecule has 1 aliphatic heterocycles. The lowest BCUT2D eigenvalue weighted by Crippen LogP contribution is -2.65. The molecule has 206 valence electrons. The van der Waals surface area contributed by atoms with Gasteiger partial charge in [0.1, 0.15) is 6.04 Å². The van der Waals surface area contributed by atoms with E-state index in [0.29, 0.717) is 6.42 Å². The molecule has 1 saturated heterocycles. The summed E-state index contributed by atoms with van der Waals surface area (Å²) in [5.41, 5.74) is 1.85. The fourth-order valence-corrected chi connectivity index (χ4v) is 4.56. The lowest BCUT2D eigenvalue weighted by molar-refractivity contribution is -0.279. The van der Waals surface area contributed by atoms with Crippen LogP contribution in [0.3, 0.4) is 0 Å². The summed E-state index contributed by atoms with van der Waals surface area (Å²) in [5, 5.41) is 12.7. The van der Waals surface area contributed by atoms with E-state index in [1.165, 1.54) is 45.2 Å². The third-order valence-electron chi connectivity index (χ3n) is 6.55. The van der Waals surface area contributed by atoms with E-state index in [4.69, 9.17) is 5.73 Å². The van der Waals surface area contributed by atoms with Crippen molar-refractivity contribution < 1.29 is 42.2 Å². The lowest BCUT2D eigenvalue weighted by Gasteiger charge is -2.38. The molecule has 0 aromatic heterocycles. The number of nitrogens with zero attached hydrogens (tertiary/aromatic N) is 1. The zero-order valence-corrected chi connectivity index (χ0v) is 21.5. The molecular formula is C25H34F3N3O6. The Morgan fingerprint density at radius 1 is 1.05 bits per heavy atom. The smallest absolute Gasteiger partial charge is 0.431 e. The maximum atomic E-state index is 13.5. The first-order valence-corrected chi connectivity index (χ1v) is 12.0. The number of nitrogens with two attached hydrogens (primary N) is 1. The van der Waals surface area contributed by atoms with E-state index in [0.717, 1.165) is 4.90 Å². The van der Waals surface area contributed by atoms with E-state index >= 15 is 0 Å². The van der Waals surface area contributed by atoms with Crippen molar-refractivity contribution in [3.8, 4) is 0 Å². The third kappa shape index (κ3) is 6.48. The van der Waals surface area contributed by atoms with Gasteiger partial charge in [0.05, 0.1) is 24.6 Å². The molecule has 0 bridgehead atoms. The number of nitrogens with one attached hydrogen (secondary N) is 1. The largest absolute Gasteiger partial charge is 0.465 e. The number of esters is 1. The zero-order valence-electron chi connectivity index (χ0n) is 21.5. The fraction of sp³-hybridized carbons (Fsp3) is 0.600. The van der Waals surface area contributed by atoms with Gasteiger partial charge in [-0.3, -0.25) is 20.1 Å². The normalized spacial score (nSPS) is 19.4. The molecule has 1 fully saturated rings. The lowest BCUT2D eigenvalue weighted by atomic mass is 9.79. The highest BCUT2D eigenvalue weighted by atomic mass is 19.4. The van der Waals surface area contributed by atoms with Gasteiger partial charge in [-0.25, -0.2) is 4.79 Å². The monoisotopic (exact) mass is 529 g/mol. The molecule has 4 atom stereocenters. The van der Waals surface area contributed by atoms with Gasteiger partial charge in [0.15, 0.2) is 5.78 Å². The molecule has 12 heteroatoms. The summed E-state index contributed by atoms with van der Waals surface area (Å²) in [6.45, 7) is 6.14. The number of hydrogen-bond acceptors (Lipinski definition) is 7. The van der Waals surface area contributed by atoms with Crippen LogP contribution in [0.2, 0.25) is 0 Å². The number of rotatable bonds is 9. The number of Topliss-reactive ketones (excluding diaryl/α,β-unsaturated/α-hetero) is 1. The number of ketones is 1. The second-order valence-corrected chi connectivity index (χ2v) is 9.90. The van der Waals surface area contributed by atoms with Crippen LogP contribution in [-0.4, -0.2) is 71.2 Å². The van der Waals surface area contributed by atoms with Crippen LogP contribution in [0.25, 0.3) is 0 Å². The van der Waals surface area contributed by atoms with Gasteiger partial charge in [0.2, 0.25) is 11.6 Å². The van der Waals surface area contributed by atoms with Gasteiger partial charge in [-0.2, -0.15) is 13.2 Å². The number of benzene rings is 1. The summed E-state index contributed by atoms with van der Waals surface area (Å²) in [7, 11) is 1.22. The average Bonchev–Trinajstić information content (AvgIpc) is 3.30. The van der Waals surface area contributed by atoms with Crippen LogP contribution >= 0.6 is 0 Å². The number of alkyl halides is 3. The molecule has 9 nitrogen and oxygen atoms in total. The third-order valence-corrected chi connectivity index (χ3v) is 6.55. The predicted molar refractivity (Wildman–Crippen MR) is 127 cm³/mol. The van der Waals surface area contributed by atoms with Crippen LogP contribution in [0.5, 0.6) is 0 Å². The molecule has 1 aromatic rings. The molecule has 1 aliphatic rings. The summed E-state index contributed by atoms with van der Waals surface area (Å²) in [4.78, 5) is 52.4. The molecule has 2 rings (SSSR count). The quantitative estimate of drug-likeness (QED) is 0.329. The molecule has 1 heterocycles. The number of halogens is 3. The molecule has 2 unspecified atom stereocenters. The first-order chi connectivity index (χ1) is 17.0.